The molecule has 98 valence electrons. The Morgan fingerprint density at radius 2 is 2.33 bits per heavy atom. The zero-order valence-corrected chi connectivity index (χ0v) is 10.5. The summed E-state index contributed by atoms with van der Waals surface area (Å²) in [4.78, 5) is 17.6. The summed E-state index contributed by atoms with van der Waals surface area (Å²) < 4.78 is 13.1. The van der Waals surface area contributed by atoms with Crippen LogP contribution in [0.25, 0.3) is 0 Å². The Hall–Kier alpha value is -1.49. The smallest absolute Gasteiger partial charge is 0.255 e. The highest BCUT2D eigenvalue weighted by Crippen LogP contribution is 2.29. The summed E-state index contributed by atoms with van der Waals surface area (Å²) in [5, 5.41) is 0. The third kappa shape index (κ3) is 2.51. The Bertz CT molecular complexity index is 438. The van der Waals surface area contributed by atoms with Crippen molar-refractivity contribution in [1.29, 1.82) is 0 Å². The molecule has 2 N–H and O–H groups in total. The summed E-state index contributed by atoms with van der Waals surface area (Å²) in [5.41, 5.74) is 6.01. The normalized spacial score (nSPS) is 23.1. The van der Waals surface area contributed by atoms with Crippen LogP contribution in [0, 0.1) is 11.7 Å². The average molecular weight is 251 g/mol. The van der Waals surface area contributed by atoms with Gasteiger partial charge in [0, 0.05) is 19.3 Å². The molecule has 1 heterocycles. The number of nitrogens with two attached hydrogens (primary N) is 1. The Morgan fingerprint density at radius 3 is 3.00 bits per heavy atom. The highest BCUT2D eigenvalue weighted by atomic mass is 19.1. The summed E-state index contributed by atoms with van der Waals surface area (Å²) in [6, 6.07) is 1.38. The van der Waals surface area contributed by atoms with E-state index in [0.29, 0.717) is 18.0 Å². The fourth-order valence-corrected chi connectivity index (χ4v) is 2.69. The molecule has 0 aromatic carbocycles. The number of carbonyl (C=O) groups excluding carboxylic acids is 1. The Kier molecular flexibility index (Phi) is 3.91. The predicted molar refractivity (Wildman–Crippen MR) is 66.5 cm³/mol. The maximum atomic E-state index is 13.1. The molecule has 2 rings (SSSR count). The first-order valence-corrected chi connectivity index (χ1v) is 6.21. The fourth-order valence-electron chi connectivity index (χ4n) is 2.69. The quantitative estimate of drug-likeness (QED) is 0.883. The minimum absolute atomic E-state index is 0.158. The van der Waals surface area contributed by atoms with Crippen molar-refractivity contribution < 1.29 is 9.18 Å². The molecule has 1 fully saturated rings. The number of hydrogen-bond acceptors (Lipinski definition) is 3. The average Bonchev–Trinajstić information content (AvgIpc) is 2.85. The first-order valence-electron chi connectivity index (χ1n) is 6.21. The summed E-state index contributed by atoms with van der Waals surface area (Å²) in [5.74, 6) is -0.330. The van der Waals surface area contributed by atoms with Gasteiger partial charge in [0.2, 0.25) is 0 Å². The van der Waals surface area contributed by atoms with Gasteiger partial charge in [0.1, 0.15) is 5.82 Å². The van der Waals surface area contributed by atoms with Gasteiger partial charge in [-0.25, -0.2) is 4.39 Å². The van der Waals surface area contributed by atoms with Crippen LogP contribution < -0.4 is 5.73 Å². The van der Waals surface area contributed by atoms with Crippen molar-refractivity contribution in [2.75, 3.05) is 13.6 Å². The van der Waals surface area contributed by atoms with Crippen molar-refractivity contribution in [1.82, 2.24) is 9.88 Å². The first kappa shape index (κ1) is 13.0. The van der Waals surface area contributed by atoms with Gasteiger partial charge in [-0.15, -0.1) is 0 Å². The largest absolute Gasteiger partial charge is 0.338 e. The zero-order valence-electron chi connectivity index (χ0n) is 10.5. The van der Waals surface area contributed by atoms with Crippen LogP contribution in [-0.2, 0) is 0 Å². The number of hydrogen-bond donors (Lipinski definition) is 1. The van der Waals surface area contributed by atoms with Gasteiger partial charge in [-0.1, -0.05) is 6.42 Å². The molecule has 1 aromatic rings. The maximum Gasteiger partial charge on any atom is 0.255 e. The van der Waals surface area contributed by atoms with Crippen molar-refractivity contribution in [2.24, 2.45) is 11.7 Å². The van der Waals surface area contributed by atoms with E-state index in [2.05, 4.69) is 4.98 Å². The van der Waals surface area contributed by atoms with Gasteiger partial charge >= 0.3 is 0 Å². The van der Waals surface area contributed by atoms with Crippen LogP contribution in [0.15, 0.2) is 18.5 Å². The van der Waals surface area contributed by atoms with Gasteiger partial charge in [0.15, 0.2) is 0 Å². The molecule has 1 aromatic heterocycles. The number of amides is 1. The van der Waals surface area contributed by atoms with Gasteiger partial charge in [0.05, 0.1) is 11.8 Å². The number of nitrogens with zero attached hydrogens (tertiary/aromatic N) is 2. The Labute approximate surface area is 106 Å². The summed E-state index contributed by atoms with van der Waals surface area (Å²) >= 11 is 0. The molecular formula is C13H18FN3O. The Morgan fingerprint density at radius 1 is 1.56 bits per heavy atom. The number of pyridine rings is 1. The minimum Gasteiger partial charge on any atom is -0.338 e. The zero-order chi connectivity index (χ0) is 13.1. The van der Waals surface area contributed by atoms with Gasteiger partial charge in [-0.05, 0) is 31.4 Å². The van der Waals surface area contributed by atoms with Crippen LogP contribution in [-0.4, -0.2) is 35.4 Å². The molecule has 2 unspecified atom stereocenters. The van der Waals surface area contributed by atoms with E-state index in [1.165, 1.54) is 12.3 Å². The lowest BCUT2D eigenvalue weighted by Gasteiger charge is -2.29. The van der Waals surface area contributed by atoms with Crippen LogP contribution in [0.1, 0.15) is 29.6 Å². The molecular weight excluding hydrogens is 233 g/mol. The number of halogens is 1. The van der Waals surface area contributed by atoms with E-state index in [1.807, 2.05) is 0 Å². The van der Waals surface area contributed by atoms with Gasteiger partial charge in [0.25, 0.3) is 5.91 Å². The number of aromatic nitrogens is 1. The molecule has 1 aliphatic rings. The van der Waals surface area contributed by atoms with Crippen LogP contribution in [0.3, 0.4) is 0 Å². The van der Waals surface area contributed by atoms with Crippen molar-refractivity contribution in [3.05, 3.63) is 29.8 Å². The van der Waals surface area contributed by atoms with Crippen LogP contribution >= 0.6 is 0 Å². The second-order valence-electron chi connectivity index (χ2n) is 4.80. The predicted octanol–water partition coefficient (Wildman–Crippen LogP) is 1.42. The second kappa shape index (κ2) is 5.44. The third-order valence-electron chi connectivity index (χ3n) is 3.69. The summed E-state index contributed by atoms with van der Waals surface area (Å²) in [7, 11) is 1.76. The van der Waals surface area contributed by atoms with Gasteiger partial charge in [-0.3, -0.25) is 9.78 Å². The summed E-state index contributed by atoms with van der Waals surface area (Å²) in [6.07, 6.45) is 5.60. The van der Waals surface area contributed by atoms with Crippen molar-refractivity contribution in [3.8, 4) is 0 Å². The molecule has 18 heavy (non-hydrogen) atoms. The van der Waals surface area contributed by atoms with Crippen LogP contribution in [0.5, 0.6) is 0 Å². The molecule has 0 radical (unpaired) electrons. The molecule has 1 saturated carbocycles. The SMILES string of the molecule is CN(C(=O)c1cncc(F)c1)C1CCCC1CN. The number of carbonyl (C=O) groups is 1. The molecule has 2 atom stereocenters. The second-order valence-corrected chi connectivity index (χ2v) is 4.80. The Balaban J connectivity index is 2.13. The van der Waals surface area contributed by atoms with E-state index in [1.54, 1.807) is 11.9 Å². The van der Waals surface area contributed by atoms with E-state index in [9.17, 15) is 9.18 Å². The molecule has 1 amide bonds. The maximum absolute atomic E-state index is 13.1. The third-order valence-corrected chi connectivity index (χ3v) is 3.69. The molecule has 0 saturated heterocycles. The van der Waals surface area contributed by atoms with Crippen molar-refractivity contribution in [3.63, 3.8) is 0 Å². The standard InChI is InChI=1S/C13H18FN3O/c1-17(12-4-2-3-9(12)6-15)13(18)10-5-11(14)8-16-7-10/h5,7-9,12H,2-4,6,15H2,1H3. The van der Waals surface area contributed by atoms with E-state index in [-0.39, 0.29) is 11.9 Å². The van der Waals surface area contributed by atoms with Gasteiger partial charge in [-0.2, -0.15) is 0 Å². The molecule has 0 bridgehead atoms. The minimum atomic E-state index is -0.490. The van der Waals surface area contributed by atoms with Gasteiger partial charge < -0.3 is 10.6 Å². The van der Waals surface area contributed by atoms with E-state index in [0.717, 1.165) is 25.5 Å². The molecule has 0 aliphatic heterocycles. The highest BCUT2D eigenvalue weighted by molar-refractivity contribution is 5.94. The first-order chi connectivity index (χ1) is 8.63. The molecule has 4 nitrogen and oxygen atoms in total. The van der Waals surface area contributed by atoms with Crippen LogP contribution in [0.2, 0.25) is 0 Å². The van der Waals surface area contributed by atoms with E-state index >= 15 is 0 Å². The van der Waals surface area contributed by atoms with Crippen molar-refractivity contribution >= 4 is 5.91 Å². The fraction of sp³-hybridized carbons (Fsp3) is 0.538. The lowest BCUT2D eigenvalue weighted by Crippen LogP contribution is -2.41. The molecule has 1 aliphatic carbocycles. The van der Waals surface area contributed by atoms with E-state index in [4.69, 9.17) is 5.73 Å². The number of rotatable bonds is 3. The summed E-state index contributed by atoms with van der Waals surface area (Å²) in [6.45, 7) is 0.587. The molecule has 5 heteroatoms. The van der Waals surface area contributed by atoms with Crippen LogP contribution in [0.4, 0.5) is 4.39 Å². The lowest BCUT2D eigenvalue weighted by molar-refractivity contribution is 0.0699. The van der Waals surface area contributed by atoms with Crippen molar-refractivity contribution in [2.45, 2.75) is 25.3 Å². The van der Waals surface area contributed by atoms with E-state index < -0.39 is 5.82 Å². The monoisotopic (exact) mass is 251 g/mol. The molecule has 0 spiro atoms. The lowest BCUT2D eigenvalue weighted by atomic mass is 10.0. The highest BCUT2D eigenvalue weighted by Gasteiger charge is 2.32. The topological polar surface area (TPSA) is 59.2 Å².